The van der Waals surface area contributed by atoms with Gasteiger partial charge in [0.05, 0.1) is 16.1 Å². The Labute approximate surface area is 267 Å². The number of carbonyl (C=O) groups excluding carboxylic acids is 2. The Morgan fingerprint density at radius 3 is 2.11 bits per heavy atom. The zero-order valence-electron chi connectivity index (χ0n) is 25.6. The number of rotatable bonds is 13. The van der Waals surface area contributed by atoms with Crippen LogP contribution in [0.2, 0.25) is 0 Å². The number of hydrogen-bond donors (Lipinski definition) is 1. The molecule has 242 valence electrons. The van der Waals surface area contributed by atoms with Gasteiger partial charge in [0, 0.05) is 19.5 Å². The Morgan fingerprint density at radius 1 is 0.848 bits per heavy atom. The second-order valence-electron chi connectivity index (χ2n) is 10.8. The van der Waals surface area contributed by atoms with Gasteiger partial charge in [-0.05, 0) is 60.4 Å². The summed E-state index contributed by atoms with van der Waals surface area (Å²) in [6.07, 6.45) is -3.98. The Kier molecular flexibility index (Phi) is 11.2. The first-order valence-corrected chi connectivity index (χ1v) is 16.3. The molecule has 1 unspecified atom stereocenters. The Morgan fingerprint density at radius 2 is 1.48 bits per heavy atom. The van der Waals surface area contributed by atoms with Crippen molar-refractivity contribution >= 4 is 27.5 Å². The van der Waals surface area contributed by atoms with Crippen LogP contribution in [0.15, 0.2) is 114 Å². The topological polar surface area (TPSA) is 86.8 Å². The summed E-state index contributed by atoms with van der Waals surface area (Å²) in [5, 5.41) is 2.86. The number of carbonyl (C=O) groups is 2. The number of sulfonamides is 1. The third-order valence-corrected chi connectivity index (χ3v) is 9.28. The molecule has 1 atom stereocenters. The molecule has 0 saturated heterocycles. The van der Waals surface area contributed by atoms with Gasteiger partial charge in [-0.15, -0.1) is 0 Å². The number of nitrogens with one attached hydrogen (secondary N) is 1. The van der Waals surface area contributed by atoms with Gasteiger partial charge in [0.25, 0.3) is 10.0 Å². The van der Waals surface area contributed by atoms with Crippen molar-refractivity contribution in [3.8, 4) is 0 Å². The quantitative estimate of drug-likeness (QED) is 0.182. The van der Waals surface area contributed by atoms with E-state index in [1.165, 1.54) is 35.2 Å². The van der Waals surface area contributed by atoms with Crippen LogP contribution in [0.4, 0.5) is 18.9 Å². The maximum absolute atomic E-state index is 14.4. The first kappa shape index (κ1) is 34.2. The molecule has 11 heteroatoms. The van der Waals surface area contributed by atoms with Crippen LogP contribution in [0.3, 0.4) is 0 Å². The van der Waals surface area contributed by atoms with E-state index in [1.807, 2.05) is 62.4 Å². The molecule has 2 amide bonds. The maximum atomic E-state index is 14.4. The Hall–Kier alpha value is -4.64. The summed E-state index contributed by atoms with van der Waals surface area (Å²) in [7, 11) is -4.53. The number of aryl methyl sites for hydroxylation is 1. The van der Waals surface area contributed by atoms with Crippen LogP contribution >= 0.6 is 0 Å². The van der Waals surface area contributed by atoms with E-state index in [-0.39, 0.29) is 23.5 Å². The third-order valence-electron chi connectivity index (χ3n) is 7.49. The first-order valence-electron chi connectivity index (χ1n) is 14.8. The van der Waals surface area contributed by atoms with Crippen molar-refractivity contribution in [3.63, 3.8) is 0 Å². The lowest BCUT2D eigenvalue weighted by atomic mass is 10.0. The average Bonchev–Trinajstić information content (AvgIpc) is 3.05. The molecule has 0 aromatic heterocycles. The summed E-state index contributed by atoms with van der Waals surface area (Å²) < 4.78 is 69.9. The van der Waals surface area contributed by atoms with E-state index in [0.717, 1.165) is 28.8 Å². The molecule has 0 spiro atoms. The smallest absolute Gasteiger partial charge is 0.354 e. The normalized spacial score (nSPS) is 12.3. The highest BCUT2D eigenvalue weighted by atomic mass is 32.2. The maximum Gasteiger partial charge on any atom is 0.416 e. The van der Waals surface area contributed by atoms with Crippen LogP contribution in [0, 0.1) is 6.92 Å². The number of hydrogen-bond acceptors (Lipinski definition) is 4. The molecule has 0 aliphatic carbocycles. The summed E-state index contributed by atoms with van der Waals surface area (Å²) in [5.74, 6) is -1.18. The lowest BCUT2D eigenvalue weighted by molar-refractivity contribution is -0.140. The number of alkyl halides is 3. The SMILES string of the molecule is CCCNC(=O)C(Cc1ccccc1)N(Cc1ccccc1C)C(=O)CN(c1cccc(C(F)(F)F)c1)S(=O)(=O)c1ccccc1. The molecule has 0 fully saturated rings. The van der Waals surface area contributed by atoms with Crippen LogP contribution in [0.1, 0.15) is 35.6 Å². The predicted octanol–water partition coefficient (Wildman–Crippen LogP) is 6.38. The monoisotopic (exact) mass is 651 g/mol. The molecule has 0 heterocycles. The van der Waals surface area contributed by atoms with Crippen molar-refractivity contribution in [1.29, 1.82) is 0 Å². The molecular formula is C35H36F3N3O4S. The average molecular weight is 652 g/mol. The molecule has 4 aromatic rings. The minimum absolute atomic E-state index is 0.0373. The molecule has 0 radical (unpaired) electrons. The zero-order chi connectivity index (χ0) is 33.3. The van der Waals surface area contributed by atoms with Crippen LogP contribution in [0.5, 0.6) is 0 Å². The van der Waals surface area contributed by atoms with E-state index in [0.29, 0.717) is 23.3 Å². The summed E-state index contributed by atoms with van der Waals surface area (Å²) >= 11 is 0. The number of benzene rings is 4. The van der Waals surface area contributed by atoms with Crippen LogP contribution in [0.25, 0.3) is 0 Å². The van der Waals surface area contributed by atoms with Crippen molar-refractivity contribution in [1.82, 2.24) is 10.2 Å². The number of amides is 2. The minimum atomic E-state index is -4.75. The molecule has 1 N–H and O–H groups in total. The van der Waals surface area contributed by atoms with Gasteiger partial charge < -0.3 is 10.2 Å². The molecule has 0 aliphatic heterocycles. The fourth-order valence-corrected chi connectivity index (χ4v) is 6.40. The van der Waals surface area contributed by atoms with Crippen molar-refractivity contribution < 1.29 is 31.2 Å². The Bertz CT molecular complexity index is 1730. The molecule has 4 aromatic carbocycles. The fraction of sp³-hybridized carbons (Fsp3) is 0.257. The molecule has 0 saturated carbocycles. The predicted molar refractivity (Wildman–Crippen MR) is 171 cm³/mol. The van der Waals surface area contributed by atoms with Crippen LogP contribution in [-0.2, 0) is 38.8 Å². The van der Waals surface area contributed by atoms with Gasteiger partial charge in [0.15, 0.2) is 0 Å². The minimum Gasteiger partial charge on any atom is -0.354 e. The lowest BCUT2D eigenvalue weighted by Crippen LogP contribution is -2.53. The lowest BCUT2D eigenvalue weighted by Gasteiger charge is -2.34. The second kappa shape index (κ2) is 15.1. The largest absolute Gasteiger partial charge is 0.416 e. The van der Waals surface area contributed by atoms with Gasteiger partial charge in [-0.3, -0.25) is 13.9 Å². The molecule has 4 rings (SSSR count). The van der Waals surface area contributed by atoms with Crippen molar-refractivity contribution in [2.24, 2.45) is 0 Å². The Balaban J connectivity index is 1.84. The molecule has 7 nitrogen and oxygen atoms in total. The van der Waals surface area contributed by atoms with E-state index in [4.69, 9.17) is 0 Å². The number of nitrogens with zero attached hydrogens (tertiary/aromatic N) is 2. The standard InChI is InChI=1S/C35H36F3N3O4S/c1-3-21-39-34(43)32(22-27-14-6-4-7-15-27)40(24-28-16-11-10-13-26(28)2)33(42)25-41(46(44,45)31-19-8-5-9-20-31)30-18-12-17-29(23-30)35(36,37)38/h4-20,23,32H,3,21-22,24-25H2,1-2H3,(H,39,43). The van der Waals surface area contributed by atoms with Crippen molar-refractivity contribution in [2.75, 3.05) is 17.4 Å². The fourth-order valence-electron chi connectivity index (χ4n) is 4.98. The highest BCUT2D eigenvalue weighted by molar-refractivity contribution is 7.92. The van der Waals surface area contributed by atoms with Gasteiger partial charge >= 0.3 is 6.18 Å². The molecule has 0 aliphatic rings. The van der Waals surface area contributed by atoms with Crippen LogP contribution in [-0.4, -0.2) is 44.3 Å². The highest BCUT2D eigenvalue weighted by Crippen LogP contribution is 2.33. The van der Waals surface area contributed by atoms with E-state index < -0.39 is 46.2 Å². The highest BCUT2D eigenvalue weighted by Gasteiger charge is 2.36. The first-order chi connectivity index (χ1) is 21.9. The molecule has 0 bridgehead atoms. The molecular weight excluding hydrogens is 615 g/mol. The van der Waals surface area contributed by atoms with Gasteiger partial charge in [-0.2, -0.15) is 13.2 Å². The number of anilines is 1. The summed E-state index contributed by atoms with van der Waals surface area (Å²) in [6.45, 7) is 3.22. The number of halogens is 3. The van der Waals surface area contributed by atoms with Crippen LogP contribution < -0.4 is 9.62 Å². The van der Waals surface area contributed by atoms with Crippen molar-refractivity contribution in [3.05, 3.63) is 131 Å². The van der Waals surface area contributed by atoms with Gasteiger partial charge in [0.2, 0.25) is 11.8 Å². The summed E-state index contributed by atoms with van der Waals surface area (Å²) in [4.78, 5) is 29.2. The summed E-state index contributed by atoms with van der Waals surface area (Å²) in [6, 6.07) is 26.4. The third kappa shape index (κ3) is 8.54. The van der Waals surface area contributed by atoms with E-state index >= 15 is 0 Å². The van der Waals surface area contributed by atoms with E-state index in [2.05, 4.69) is 5.32 Å². The van der Waals surface area contributed by atoms with Gasteiger partial charge in [0.1, 0.15) is 12.6 Å². The van der Waals surface area contributed by atoms with Gasteiger partial charge in [-0.25, -0.2) is 8.42 Å². The van der Waals surface area contributed by atoms with E-state index in [9.17, 15) is 31.2 Å². The van der Waals surface area contributed by atoms with E-state index in [1.54, 1.807) is 12.1 Å². The van der Waals surface area contributed by atoms with Gasteiger partial charge in [-0.1, -0.05) is 85.8 Å². The molecule has 46 heavy (non-hydrogen) atoms. The summed E-state index contributed by atoms with van der Waals surface area (Å²) in [5.41, 5.74) is 0.947. The second-order valence-corrected chi connectivity index (χ2v) is 12.7. The zero-order valence-corrected chi connectivity index (χ0v) is 26.4. The van der Waals surface area contributed by atoms with Crippen molar-refractivity contribution in [2.45, 2.75) is 50.3 Å².